The van der Waals surface area contributed by atoms with Crippen molar-refractivity contribution in [2.75, 3.05) is 6.54 Å². The number of hydrogen-bond acceptors (Lipinski definition) is 2. The van der Waals surface area contributed by atoms with Crippen molar-refractivity contribution in [1.82, 2.24) is 10.6 Å². The van der Waals surface area contributed by atoms with Crippen molar-refractivity contribution in [3.8, 4) is 0 Å². The van der Waals surface area contributed by atoms with E-state index in [9.17, 15) is 9.59 Å². The number of aliphatic carboxylic acids is 1. The summed E-state index contributed by atoms with van der Waals surface area (Å²) < 4.78 is 0. The number of carbonyl (C=O) groups excluding carboxylic acids is 1. The molecule has 0 saturated carbocycles. The summed E-state index contributed by atoms with van der Waals surface area (Å²) in [6, 6.07) is -1.35. The van der Waals surface area contributed by atoms with E-state index in [1.165, 1.54) is 18.1 Å². The van der Waals surface area contributed by atoms with E-state index in [-0.39, 0.29) is 6.42 Å². The summed E-state index contributed by atoms with van der Waals surface area (Å²) in [5.74, 6) is -1.05. The van der Waals surface area contributed by atoms with E-state index >= 15 is 0 Å². The Morgan fingerprint density at radius 1 is 1.56 bits per heavy atom. The van der Waals surface area contributed by atoms with Gasteiger partial charge in [-0.15, -0.1) is 6.58 Å². The van der Waals surface area contributed by atoms with E-state index in [4.69, 9.17) is 5.11 Å². The lowest BCUT2D eigenvalue weighted by Gasteiger charge is -2.13. The van der Waals surface area contributed by atoms with Crippen LogP contribution in [0.3, 0.4) is 0 Å². The normalized spacial score (nSPS) is 15.7. The summed E-state index contributed by atoms with van der Waals surface area (Å²) in [6.45, 7) is 4.00. The topological polar surface area (TPSA) is 78.4 Å². The molecule has 1 unspecified atom stereocenters. The maximum absolute atomic E-state index is 11.5. The highest BCUT2D eigenvalue weighted by molar-refractivity contribution is 5.82. The van der Waals surface area contributed by atoms with Crippen molar-refractivity contribution in [2.24, 2.45) is 0 Å². The molecule has 0 radical (unpaired) electrons. The van der Waals surface area contributed by atoms with Crippen molar-refractivity contribution < 1.29 is 14.7 Å². The van der Waals surface area contributed by atoms with Crippen LogP contribution in [0.1, 0.15) is 32.1 Å². The van der Waals surface area contributed by atoms with Crippen LogP contribution < -0.4 is 10.6 Å². The van der Waals surface area contributed by atoms with Crippen LogP contribution >= 0.6 is 0 Å². The standard InChI is InChI=1S/C13H20N2O3/c1-2-5-11(12(16)17)15-13(18)14-9-8-10-6-3-4-7-10/h2,6,11H,1,3-5,7-9H2,(H,16,17)(H2,14,15,18). The van der Waals surface area contributed by atoms with Crippen molar-refractivity contribution in [3.05, 3.63) is 24.3 Å². The fraction of sp³-hybridized carbons (Fsp3) is 0.538. The van der Waals surface area contributed by atoms with E-state index < -0.39 is 18.0 Å². The van der Waals surface area contributed by atoms with Crippen LogP contribution in [0.5, 0.6) is 0 Å². The molecule has 5 nitrogen and oxygen atoms in total. The first kappa shape index (κ1) is 14.3. The molecule has 0 aromatic heterocycles. The van der Waals surface area contributed by atoms with Crippen LogP contribution in [0.25, 0.3) is 0 Å². The Bertz CT molecular complexity index is 350. The fourth-order valence-corrected chi connectivity index (χ4v) is 1.90. The average molecular weight is 252 g/mol. The van der Waals surface area contributed by atoms with Gasteiger partial charge < -0.3 is 15.7 Å². The van der Waals surface area contributed by atoms with Gasteiger partial charge in [0.2, 0.25) is 0 Å². The third-order valence-electron chi connectivity index (χ3n) is 2.87. The minimum Gasteiger partial charge on any atom is -0.480 e. The number of allylic oxidation sites excluding steroid dienone is 1. The van der Waals surface area contributed by atoms with Gasteiger partial charge in [-0.05, 0) is 32.1 Å². The van der Waals surface area contributed by atoms with Crippen LogP contribution in [-0.4, -0.2) is 29.7 Å². The summed E-state index contributed by atoms with van der Waals surface area (Å²) in [4.78, 5) is 22.3. The monoisotopic (exact) mass is 252 g/mol. The zero-order valence-corrected chi connectivity index (χ0v) is 10.4. The molecule has 0 aromatic carbocycles. The molecule has 0 heterocycles. The molecule has 0 saturated heterocycles. The van der Waals surface area contributed by atoms with Crippen molar-refractivity contribution in [3.63, 3.8) is 0 Å². The van der Waals surface area contributed by atoms with Gasteiger partial charge in [-0.25, -0.2) is 9.59 Å². The molecular formula is C13H20N2O3. The summed E-state index contributed by atoms with van der Waals surface area (Å²) in [7, 11) is 0. The van der Waals surface area contributed by atoms with Gasteiger partial charge in [-0.2, -0.15) is 0 Å². The highest BCUT2D eigenvalue weighted by Crippen LogP contribution is 2.19. The third-order valence-corrected chi connectivity index (χ3v) is 2.87. The van der Waals surface area contributed by atoms with Crippen LogP contribution in [0, 0.1) is 0 Å². The second kappa shape index (κ2) is 7.53. The Morgan fingerprint density at radius 2 is 2.33 bits per heavy atom. The third kappa shape index (κ3) is 5.03. The first-order chi connectivity index (χ1) is 8.63. The molecule has 1 rings (SSSR count). The van der Waals surface area contributed by atoms with Gasteiger partial charge in [-0.3, -0.25) is 0 Å². The molecule has 18 heavy (non-hydrogen) atoms. The largest absolute Gasteiger partial charge is 0.480 e. The number of carboxylic acids is 1. The van der Waals surface area contributed by atoms with Crippen LogP contribution in [0.4, 0.5) is 4.79 Å². The second-order valence-electron chi connectivity index (χ2n) is 4.32. The predicted octanol–water partition coefficient (Wildman–Crippen LogP) is 1.82. The molecule has 0 aliphatic heterocycles. The molecule has 0 fully saturated rings. The van der Waals surface area contributed by atoms with E-state index in [2.05, 4.69) is 23.3 Å². The molecule has 0 spiro atoms. The minimum atomic E-state index is -1.05. The second-order valence-corrected chi connectivity index (χ2v) is 4.32. The van der Waals surface area contributed by atoms with Gasteiger partial charge >= 0.3 is 12.0 Å². The molecular weight excluding hydrogens is 232 g/mol. The van der Waals surface area contributed by atoms with E-state index in [1.807, 2.05) is 0 Å². The molecule has 5 heteroatoms. The maximum Gasteiger partial charge on any atom is 0.326 e. The number of hydrogen-bond donors (Lipinski definition) is 3. The smallest absolute Gasteiger partial charge is 0.326 e. The zero-order valence-electron chi connectivity index (χ0n) is 10.4. The van der Waals surface area contributed by atoms with Gasteiger partial charge in [0.1, 0.15) is 6.04 Å². The first-order valence-electron chi connectivity index (χ1n) is 6.19. The Kier molecular flexibility index (Phi) is 5.97. The molecule has 100 valence electrons. The lowest BCUT2D eigenvalue weighted by Crippen LogP contribution is -2.46. The van der Waals surface area contributed by atoms with Crippen molar-refractivity contribution in [2.45, 2.75) is 38.1 Å². The lowest BCUT2D eigenvalue weighted by molar-refractivity contribution is -0.139. The molecule has 0 aromatic rings. The number of amides is 2. The maximum atomic E-state index is 11.5. The summed E-state index contributed by atoms with van der Waals surface area (Å²) in [5, 5.41) is 13.9. The van der Waals surface area contributed by atoms with Gasteiger partial charge in [0.25, 0.3) is 0 Å². The molecule has 1 aliphatic carbocycles. The highest BCUT2D eigenvalue weighted by Gasteiger charge is 2.17. The Balaban J connectivity index is 2.22. The summed E-state index contributed by atoms with van der Waals surface area (Å²) in [6.07, 6.45) is 8.17. The fourth-order valence-electron chi connectivity index (χ4n) is 1.90. The Morgan fingerprint density at radius 3 is 2.89 bits per heavy atom. The average Bonchev–Trinajstić information content (AvgIpc) is 2.81. The first-order valence-corrected chi connectivity index (χ1v) is 6.19. The van der Waals surface area contributed by atoms with Crippen LogP contribution in [0.2, 0.25) is 0 Å². The highest BCUT2D eigenvalue weighted by atomic mass is 16.4. The minimum absolute atomic E-state index is 0.216. The molecule has 0 bridgehead atoms. The quantitative estimate of drug-likeness (QED) is 0.605. The Hall–Kier alpha value is -1.78. The number of rotatable bonds is 7. The van der Waals surface area contributed by atoms with Crippen LogP contribution in [0.15, 0.2) is 24.3 Å². The Labute approximate surface area is 107 Å². The SMILES string of the molecule is C=CCC(NC(=O)NCCC1=CCCC1)C(=O)O. The van der Waals surface area contributed by atoms with E-state index in [1.54, 1.807) is 0 Å². The van der Waals surface area contributed by atoms with Gasteiger partial charge in [-0.1, -0.05) is 17.7 Å². The van der Waals surface area contributed by atoms with Crippen molar-refractivity contribution in [1.29, 1.82) is 0 Å². The van der Waals surface area contributed by atoms with Crippen molar-refractivity contribution >= 4 is 12.0 Å². The molecule has 1 atom stereocenters. The predicted molar refractivity (Wildman–Crippen MR) is 69.3 cm³/mol. The summed E-state index contributed by atoms with van der Waals surface area (Å²) >= 11 is 0. The lowest BCUT2D eigenvalue weighted by atomic mass is 10.2. The van der Waals surface area contributed by atoms with Crippen LogP contribution in [-0.2, 0) is 4.79 Å². The van der Waals surface area contributed by atoms with E-state index in [0.717, 1.165) is 19.3 Å². The molecule has 2 amide bonds. The number of nitrogens with one attached hydrogen (secondary N) is 2. The van der Waals surface area contributed by atoms with Gasteiger partial charge in [0, 0.05) is 6.54 Å². The molecule has 3 N–H and O–H groups in total. The number of carboxylic acid groups (broad SMARTS) is 1. The zero-order chi connectivity index (χ0) is 13.4. The molecule has 1 aliphatic rings. The van der Waals surface area contributed by atoms with Gasteiger partial charge in [0.15, 0.2) is 0 Å². The number of carbonyl (C=O) groups is 2. The number of urea groups is 1. The van der Waals surface area contributed by atoms with Gasteiger partial charge in [0.05, 0.1) is 0 Å². The summed E-state index contributed by atoms with van der Waals surface area (Å²) in [5.41, 5.74) is 1.37. The van der Waals surface area contributed by atoms with E-state index in [0.29, 0.717) is 6.54 Å².